The van der Waals surface area contributed by atoms with E-state index in [1.807, 2.05) is 48.8 Å². The topological polar surface area (TPSA) is 50.7 Å². The van der Waals surface area contributed by atoms with Crippen molar-refractivity contribution in [2.24, 2.45) is 0 Å². The Kier molecular flexibility index (Phi) is 7.21. The number of aromatic nitrogens is 3. The Labute approximate surface area is 268 Å². The Hall–Kier alpha value is -6.13. The highest BCUT2D eigenvalue weighted by atomic mass is 14.9. The highest BCUT2D eigenvalue weighted by Gasteiger charge is 2.16. The Balaban J connectivity index is 1.30. The van der Waals surface area contributed by atoms with Gasteiger partial charge in [0.2, 0.25) is 0 Å². The van der Waals surface area contributed by atoms with Crippen LogP contribution in [0.25, 0.3) is 67.1 Å². The number of pyridine rings is 1. The maximum atomic E-state index is 5.23. The van der Waals surface area contributed by atoms with Crippen LogP contribution in [0.1, 0.15) is 11.6 Å². The third-order valence-corrected chi connectivity index (χ3v) is 8.39. The number of allylic oxidation sites excluding steroid dienone is 2. The number of rotatable bonds is 6. The van der Waals surface area contributed by atoms with Gasteiger partial charge in [-0.3, -0.25) is 4.98 Å². The van der Waals surface area contributed by atoms with Gasteiger partial charge in [-0.25, -0.2) is 9.97 Å². The zero-order chi connectivity index (χ0) is 30.7. The molecule has 0 aliphatic carbocycles. The molecule has 0 bridgehead atoms. The maximum Gasteiger partial charge on any atom is 0.160 e. The molecular weight excluding hydrogens is 560 g/mol. The number of dihydropyridines is 1. The molecule has 8 rings (SSSR count). The van der Waals surface area contributed by atoms with Crippen molar-refractivity contribution in [2.75, 3.05) is 0 Å². The van der Waals surface area contributed by atoms with Gasteiger partial charge in [-0.15, -0.1) is 0 Å². The van der Waals surface area contributed by atoms with Crippen LogP contribution in [-0.4, -0.2) is 15.0 Å². The van der Waals surface area contributed by atoms with Crippen molar-refractivity contribution in [3.63, 3.8) is 0 Å². The molecule has 1 aliphatic rings. The fourth-order valence-corrected chi connectivity index (χ4v) is 6.03. The van der Waals surface area contributed by atoms with E-state index in [1.165, 1.54) is 5.56 Å². The van der Waals surface area contributed by atoms with Crippen LogP contribution in [0.15, 0.2) is 170 Å². The molecule has 1 aliphatic heterocycles. The van der Waals surface area contributed by atoms with E-state index in [0.29, 0.717) is 5.82 Å². The molecule has 1 N–H and O–H groups in total. The average Bonchev–Trinajstić information content (AvgIpc) is 3.15. The van der Waals surface area contributed by atoms with Crippen molar-refractivity contribution in [1.29, 1.82) is 0 Å². The van der Waals surface area contributed by atoms with Crippen LogP contribution in [0, 0.1) is 0 Å². The van der Waals surface area contributed by atoms with Crippen LogP contribution < -0.4 is 5.32 Å². The molecule has 5 aromatic carbocycles. The van der Waals surface area contributed by atoms with E-state index in [1.54, 1.807) is 0 Å². The fourth-order valence-electron chi connectivity index (χ4n) is 6.03. The van der Waals surface area contributed by atoms with Gasteiger partial charge in [0.1, 0.15) is 0 Å². The van der Waals surface area contributed by atoms with Gasteiger partial charge in [-0.2, -0.15) is 0 Å². The van der Waals surface area contributed by atoms with Crippen LogP contribution >= 0.6 is 0 Å². The standard InChI is InChI=1S/C42H30N4/c1-3-11-29(12-4-1)33-21-22-37-40(28-33)45-42(46-41(37)32-13-5-2-6-14-32)36-26-34(25-35(27-36)39-16-8-10-24-44-39)30-17-19-31(20-18-30)38-15-7-9-23-43-38/h1-28,38,43H. The summed E-state index contributed by atoms with van der Waals surface area (Å²) in [6.45, 7) is 0. The van der Waals surface area contributed by atoms with E-state index in [2.05, 4.69) is 127 Å². The Morgan fingerprint density at radius 3 is 1.93 bits per heavy atom. The molecule has 1 unspecified atom stereocenters. The summed E-state index contributed by atoms with van der Waals surface area (Å²) in [6, 6.07) is 48.8. The van der Waals surface area contributed by atoms with Gasteiger partial charge < -0.3 is 5.32 Å². The summed E-state index contributed by atoms with van der Waals surface area (Å²) in [6.07, 6.45) is 10.1. The second-order valence-corrected chi connectivity index (χ2v) is 11.4. The van der Waals surface area contributed by atoms with E-state index in [9.17, 15) is 0 Å². The third kappa shape index (κ3) is 5.49. The molecule has 4 nitrogen and oxygen atoms in total. The molecule has 0 radical (unpaired) electrons. The van der Waals surface area contributed by atoms with Gasteiger partial charge in [-0.1, -0.05) is 109 Å². The normalized spacial score (nSPS) is 13.9. The molecule has 0 amide bonds. The largest absolute Gasteiger partial charge is 0.381 e. The molecule has 1 atom stereocenters. The third-order valence-electron chi connectivity index (χ3n) is 8.39. The molecule has 0 saturated carbocycles. The summed E-state index contributed by atoms with van der Waals surface area (Å²) in [5.74, 6) is 0.676. The lowest BCUT2D eigenvalue weighted by atomic mass is 9.95. The first-order valence-corrected chi connectivity index (χ1v) is 15.5. The van der Waals surface area contributed by atoms with E-state index in [-0.39, 0.29) is 6.04 Å². The summed E-state index contributed by atoms with van der Waals surface area (Å²) < 4.78 is 0. The van der Waals surface area contributed by atoms with Gasteiger partial charge in [0.25, 0.3) is 0 Å². The number of nitrogens with one attached hydrogen (secondary N) is 1. The lowest BCUT2D eigenvalue weighted by Gasteiger charge is -2.17. The SMILES string of the molecule is C1=CNC(c2ccc(-c3cc(-c4ccccn4)cc(-c4nc(-c5ccccc5)c5ccc(-c6ccccc6)cc5n4)c3)cc2)C=C1. The predicted octanol–water partition coefficient (Wildman–Crippen LogP) is 10.1. The van der Waals surface area contributed by atoms with Crippen LogP contribution in [0.2, 0.25) is 0 Å². The molecule has 3 heterocycles. The molecule has 4 heteroatoms. The van der Waals surface area contributed by atoms with Crippen molar-refractivity contribution in [3.8, 4) is 56.2 Å². The highest BCUT2D eigenvalue weighted by Crippen LogP contribution is 2.35. The minimum Gasteiger partial charge on any atom is -0.381 e. The molecular formula is C42H30N4. The molecule has 0 spiro atoms. The summed E-state index contributed by atoms with van der Waals surface area (Å²) in [4.78, 5) is 15.1. The zero-order valence-corrected chi connectivity index (χ0v) is 25.1. The quantitative estimate of drug-likeness (QED) is 0.209. The summed E-state index contributed by atoms with van der Waals surface area (Å²) in [5, 5.41) is 4.43. The maximum absolute atomic E-state index is 5.23. The first kappa shape index (κ1) is 27.4. The minimum absolute atomic E-state index is 0.164. The van der Waals surface area contributed by atoms with Crippen LogP contribution in [0.4, 0.5) is 0 Å². The second-order valence-electron chi connectivity index (χ2n) is 11.4. The molecule has 0 saturated heterocycles. The van der Waals surface area contributed by atoms with Crippen LogP contribution in [0.5, 0.6) is 0 Å². The van der Waals surface area contributed by atoms with Crippen molar-refractivity contribution in [3.05, 3.63) is 176 Å². The average molecular weight is 591 g/mol. The van der Waals surface area contributed by atoms with E-state index >= 15 is 0 Å². The van der Waals surface area contributed by atoms with Gasteiger partial charge in [0.05, 0.1) is 22.9 Å². The molecule has 7 aromatic rings. The number of fused-ring (bicyclic) bond motifs is 1. The first-order valence-electron chi connectivity index (χ1n) is 15.5. The van der Waals surface area contributed by atoms with E-state index in [0.717, 1.165) is 61.2 Å². The lowest BCUT2D eigenvalue weighted by Crippen LogP contribution is -2.14. The fraction of sp³-hybridized carbons (Fsp3) is 0.0238. The van der Waals surface area contributed by atoms with Crippen molar-refractivity contribution in [1.82, 2.24) is 20.3 Å². The van der Waals surface area contributed by atoms with Crippen molar-refractivity contribution < 1.29 is 0 Å². The van der Waals surface area contributed by atoms with Crippen molar-refractivity contribution in [2.45, 2.75) is 6.04 Å². The Morgan fingerprint density at radius 1 is 0.500 bits per heavy atom. The predicted molar refractivity (Wildman–Crippen MR) is 189 cm³/mol. The highest BCUT2D eigenvalue weighted by molar-refractivity contribution is 5.96. The van der Waals surface area contributed by atoms with E-state index in [4.69, 9.17) is 15.0 Å². The molecule has 2 aromatic heterocycles. The van der Waals surface area contributed by atoms with Gasteiger partial charge in [-0.05, 0) is 82.6 Å². The van der Waals surface area contributed by atoms with Gasteiger partial charge >= 0.3 is 0 Å². The van der Waals surface area contributed by atoms with Crippen molar-refractivity contribution >= 4 is 10.9 Å². The summed E-state index contributed by atoms with van der Waals surface area (Å²) in [7, 11) is 0. The Bertz CT molecular complexity index is 2210. The van der Waals surface area contributed by atoms with E-state index < -0.39 is 0 Å². The first-order chi connectivity index (χ1) is 22.8. The minimum atomic E-state index is 0.164. The number of hydrogen-bond acceptors (Lipinski definition) is 4. The van der Waals surface area contributed by atoms with Crippen LogP contribution in [-0.2, 0) is 0 Å². The van der Waals surface area contributed by atoms with Gasteiger partial charge in [0, 0.05) is 28.3 Å². The molecule has 218 valence electrons. The summed E-state index contributed by atoms with van der Waals surface area (Å²) in [5.41, 5.74) is 11.4. The monoisotopic (exact) mass is 590 g/mol. The van der Waals surface area contributed by atoms with Crippen LogP contribution in [0.3, 0.4) is 0 Å². The second kappa shape index (κ2) is 12.1. The number of hydrogen-bond donors (Lipinski definition) is 1. The number of nitrogens with zero attached hydrogens (tertiary/aromatic N) is 3. The molecule has 46 heavy (non-hydrogen) atoms. The smallest absolute Gasteiger partial charge is 0.160 e. The van der Waals surface area contributed by atoms with Gasteiger partial charge in [0.15, 0.2) is 5.82 Å². The zero-order valence-electron chi connectivity index (χ0n) is 25.1. The number of benzene rings is 5. The lowest BCUT2D eigenvalue weighted by molar-refractivity contribution is 0.746. The summed E-state index contributed by atoms with van der Waals surface area (Å²) >= 11 is 0. The Morgan fingerprint density at radius 2 is 1.20 bits per heavy atom. The molecule has 0 fully saturated rings.